The van der Waals surface area contributed by atoms with Crippen molar-refractivity contribution < 1.29 is 13.4 Å². The lowest BCUT2D eigenvalue weighted by Crippen LogP contribution is -2.30. The molecule has 0 aliphatic heterocycles. The van der Waals surface area contributed by atoms with Gasteiger partial charge in [-0.15, -0.1) is 0 Å². The zero-order valence-electron chi connectivity index (χ0n) is 13.3. The maximum atomic E-state index is 13.9. The van der Waals surface area contributed by atoms with Gasteiger partial charge in [-0.1, -0.05) is 12.1 Å². The molecule has 24 heavy (non-hydrogen) atoms. The predicted octanol–water partition coefficient (Wildman–Crippen LogP) is 5.08. The van der Waals surface area contributed by atoms with Gasteiger partial charge in [0.15, 0.2) is 6.20 Å². The summed E-state index contributed by atoms with van der Waals surface area (Å²) in [4.78, 5) is 3.31. The summed E-state index contributed by atoms with van der Waals surface area (Å²) in [7, 11) is 1.99. The normalized spacial score (nSPS) is 11.1. The minimum atomic E-state index is -0.555. The molecular formula is C20H14FN2O+. The van der Waals surface area contributed by atoms with Crippen molar-refractivity contribution >= 4 is 27.6 Å². The lowest BCUT2D eigenvalue weighted by molar-refractivity contribution is -0.660. The first-order valence-corrected chi connectivity index (χ1v) is 7.58. The Morgan fingerprint density at radius 2 is 1.96 bits per heavy atom. The second-order valence-electron chi connectivity index (χ2n) is 5.81. The summed E-state index contributed by atoms with van der Waals surface area (Å²) in [6, 6.07) is 12.9. The minimum Gasteiger partial charge on any atom is -0.467 e. The van der Waals surface area contributed by atoms with Crippen LogP contribution in [0, 0.1) is 19.3 Å². The Bertz CT molecular complexity index is 1150. The molecule has 2 aromatic carbocycles. The highest BCUT2D eigenvalue weighted by molar-refractivity contribution is 6.15. The predicted molar refractivity (Wildman–Crippen MR) is 91.3 cm³/mol. The van der Waals surface area contributed by atoms with E-state index in [9.17, 15) is 4.39 Å². The number of hydrogen-bond donors (Lipinski definition) is 0. The number of nitrogens with zero attached hydrogens (tertiary/aromatic N) is 2. The third-order valence-electron chi connectivity index (χ3n) is 4.36. The van der Waals surface area contributed by atoms with E-state index >= 15 is 0 Å². The molecule has 0 aliphatic rings. The number of hydrogen-bond acceptors (Lipinski definition) is 1. The van der Waals surface area contributed by atoms with Gasteiger partial charge in [-0.05, 0) is 30.7 Å². The van der Waals surface area contributed by atoms with Crippen molar-refractivity contribution in [2.24, 2.45) is 7.05 Å². The van der Waals surface area contributed by atoms with Crippen molar-refractivity contribution in [1.29, 1.82) is 0 Å². The van der Waals surface area contributed by atoms with Crippen molar-refractivity contribution in [3.63, 3.8) is 0 Å². The molecule has 2 aromatic heterocycles. The summed E-state index contributed by atoms with van der Waals surface area (Å²) in [6.45, 7) is 9.30. The van der Waals surface area contributed by atoms with Crippen molar-refractivity contribution in [1.82, 2.24) is 0 Å². The summed E-state index contributed by atoms with van der Waals surface area (Å²) >= 11 is 0. The number of fused-ring (bicyclic) bond motifs is 3. The molecule has 0 spiro atoms. The highest BCUT2D eigenvalue weighted by Crippen LogP contribution is 2.41. The maximum Gasteiger partial charge on any atom is 0.264 e. The van der Waals surface area contributed by atoms with E-state index in [4.69, 9.17) is 11.0 Å². The number of benzene rings is 2. The van der Waals surface area contributed by atoms with Crippen LogP contribution in [-0.4, -0.2) is 0 Å². The monoisotopic (exact) mass is 317 g/mol. The third-order valence-corrected chi connectivity index (χ3v) is 4.36. The number of halogens is 1. The van der Waals surface area contributed by atoms with E-state index in [0.717, 1.165) is 27.6 Å². The molecule has 0 saturated carbocycles. The molecule has 4 aromatic rings. The lowest BCUT2D eigenvalue weighted by Gasteiger charge is -2.06. The van der Waals surface area contributed by atoms with Gasteiger partial charge < -0.3 is 4.42 Å². The Labute approximate surface area is 138 Å². The van der Waals surface area contributed by atoms with Gasteiger partial charge >= 0.3 is 0 Å². The van der Waals surface area contributed by atoms with Gasteiger partial charge in [0.25, 0.3) is 5.69 Å². The maximum absolute atomic E-state index is 13.9. The van der Waals surface area contributed by atoms with E-state index in [-0.39, 0.29) is 5.69 Å². The van der Waals surface area contributed by atoms with Gasteiger partial charge in [0.2, 0.25) is 5.69 Å². The van der Waals surface area contributed by atoms with Crippen LogP contribution in [-0.2, 0) is 7.05 Å². The van der Waals surface area contributed by atoms with Crippen LogP contribution in [0.3, 0.4) is 0 Å². The van der Waals surface area contributed by atoms with Crippen LogP contribution in [0.4, 0.5) is 10.1 Å². The van der Waals surface area contributed by atoms with Crippen molar-refractivity contribution in [2.45, 2.75) is 6.92 Å². The van der Waals surface area contributed by atoms with Crippen LogP contribution < -0.4 is 4.57 Å². The fraction of sp³-hybridized carbons (Fsp3) is 0.100. The molecule has 0 radical (unpaired) electrons. The fourth-order valence-electron chi connectivity index (χ4n) is 3.21. The van der Waals surface area contributed by atoms with Gasteiger partial charge in [-0.2, -0.15) is 0 Å². The zero-order valence-corrected chi connectivity index (χ0v) is 13.3. The topological polar surface area (TPSA) is 21.4 Å². The summed E-state index contributed by atoms with van der Waals surface area (Å²) in [5.41, 5.74) is 4.08. The molecular weight excluding hydrogens is 303 g/mol. The van der Waals surface area contributed by atoms with E-state index in [2.05, 4.69) is 4.85 Å². The van der Waals surface area contributed by atoms with Crippen molar-refractivity contribution in [3.8, 4) is 11.3 Å². The van der Waals surface area contributed by atoms with E-state index in [1.807, 2.05) is 55.1 Å². The average molecular weight is 317 g/mol. The lowest BCUT2D eigenvalue weighted by atomic mass is 9.98. The number of pyridine rings is 1. The van der Waals surface area contributed by atoms with Crippen LogP contribution in [0.1, 0.15) is 5.56 Å². The van der Waals surface area contributed by atoms with Gasteiger partial charge in [-0.25, -0.2) is 13.8 Å². The standard InChI is InChI=1S/C20H14FN2O/c1-12-7-10-16-18(17(12)15-6-4-5-11-23(15)3)13-8-9-14(21)19(22-2)20(13)24-16/h4-11H,1,3H3/q+1. The van der Waals surface area contributed by atoms with Crippen LogP contribution in [0.15, 0.2) is 53.1 Å². The second-order valence-corrected chi connectivity index (χ2v) is 5.81. The van der Waals surface area contributed by atoms with Gasteiger partial charge in [0.1, 0.15) is 24.0 Å². The van der Waals surface area contributed by atoms with E-state index in [0.29, 0.717) is 11.2 Å². The van der Waals surface area contributed by atoms with Crippen molar-refractivity contribution in [2.75, 3.05) is 0 Å². The molecule has 4 heteroatoms. The first kappa shape index (κ1) is 14.4. The molecule has 0 fully saturated rings. The van der Waals surface area contributed by atoms with Gasteiger partial charge in [0.05, 0.1) is 12.1 Å². The number of aryl methyl sites for hydroxylation is 2. The summed E-state index contributed by atoms with van der Waals surface area (Å²) in [5.74, 6) is -0.555. The Morgan fingerprint density at radius 3 is 2.71 bits per heavy atom. The average Bonchev–Trinajstić information content (AvgIpc) is 2.94. The molecule has 116 valence electrons. The fourth-order valence-corrected chi connectivity index (χ4v) is 3.21. The number of rotatable bonds is 1. The molecule has 0 bridgehead atoms. The first-order chi connectivity index (χ1) is 11.6. The first-order valence-electron chi connectivity index (χ1n) is 7.58. The summed E-state index contributed by atoms with van der Waals surface area (Å²) in [6.07, 6.45) is 1.99. The zero-order chi connectivity index (χ0) is 16.8. The molecule has 3 nitrogen and oxygen atoms in total. The summed E-state index contributed by atoms with van der Waals surface area (Å²) < 4.78 is 21.8. The van der Waals surface area contributed by atoms with Crippen LogP contribution in [0.25, 0.3) is 38.0 Å². The van der Waals surface area contributed by atoms with E-state index < -0.39 is 5.82 Å². The third kappa shape index (κ3) is 1.92. The highest BCUT2D eigenvalue weighted by atomic mass is 19.1. The molecule has 0 amide bonds. The molecule has 0 atom stereocenters. The molecule has 0 unspecified atom stereocenters. The smallest absolute Gasteiger partial charge is 0.264 e. The van der Waals surface area contributed by atoms with Crippen LogP contribution in [0.5, 0.6) is 0 Å². The Balaban J connectivity index is 2.23. The quantitative estimate of drug-likeness (QED) is 0.354. The number of aromatic nitrogens is 1. The second kappa shape index (κ2) is 5.17. The van der Waals surface area contributed by atoms with Crippen LogP contribution >= 0.6 is 0 Å². The Morgan fingerprint density at radius 1 is 1.12 bits per heavy atom. The Kier molecular flexibility index (Phi) is 3.10. The van der Waals surface area contributed by atoms with E-state index in [1.54, 1.807) is 6.07 Å². The van der Waals surface area contributed by atoms with Crippen molar-refractivity contribution in [3.05, 3.63) is 71.5 Å². The summed E-state index contributed by atoms with van der Waals surface area (Å²) in [5, 5.41) is 1.68. The van der Waals surface area contributed by atoms with Gasteiger partial charge in [-0.3, -0.25) is 0 Å². The molecule has 0 saturated heterocycles. The Hall–Kier alpha value is -3.19. The largest absolute Gasteiger partial charge is 0.467 e. The SMILES string of the molecule is [C-]#[N+]c1c(F)ccc2c1oc1ccc(C)c(-c3cccc[n+]3C)c12. The molecule has 0 aliphatic carbocycles. The van der Waals surface area contributed by atoms with Gasteiger partial charge in [0, 0.05) is 22.9 Å². The minimum absolute atomic E-state index is 0.0651. The molecule has 0 N–H and O–H groups in total. The van der Waals surface area contributed by atoms with Crippen LogP contribution in [0.2, 0.25) is 0 Å². The molecule has 2 heterocycles. The molecule has 4 rings (SSSR count). The number of furan rings is 1. The highest BCUT2D eigenvalue weighted by Gasteiger charge is 2.22. The van der Waals surface area contributed by atoms with E-state index in [1.165, 1.54) is 6.07 Å².